The van der Waals surface area contributed by atoms with E-state index in [0.717, 1.165) is 30.8 Å². The van der Waals surface area contributed by atoms with Crippen LogP contribution in [0, 0.1) is 6.92 Å². The van der Waals surface area contributed by atoms with Gasteiger partial charge in [0.05, 0.1) is 12.8 Å². The molecule has 5 heterocycles. The van der Waals surface area contributed by atoms with E-state index in [2.05, 4.69) is 50.4 Å². The Balaban J connectivity index is 1.41. The fraction of sp³-hybridized carbons (Fsp3) is 0.455. The van der Waals surface area contributed by atoms with Gasteiger partial charge >= 0.3 is 6.03 Å². The Bertz CT molecular complexity index is 1170. The Morgan fingerprint density at radius 3 is 2.75 bits per heavy atom. The van der Waals surface area contributed by atoms with Gasteiger partial charge in [0, 0.05) is 61.6 Å². The van der Waals surface area contributed by atoms with Gasteiger partial charge in [-0.2, -0.15) is 4.98 Å². The van der Waals surface area contributed by atoms with Crippen molar-refractivity contribution in [2.45, 2.75) is 39.3 Å². The number of hydrogen-bond acceptors (Lipinski definition) is 7. The molecule has 1 fully saturated rings. The summed E-state index contributed by atoms with van der Waals surface area (Å²) in [5.74, 6) is 1.56. The number of rotatable bonds is 3. The first-order valence-corrected chi connectivity index (χ1v) is 10.9. The molecule has 2 N–H and O–H groups in total. The molecule has 0 spiro atoms. The van der Waals surface area contributed by atoms with Gasteiger partial charge in [-0.15, -0.1) is 0 Å². The number of nitrogens with zero attached hydrogens (tertiary/aromatic N) is 6. The van der Waals surface area contributed by atoms with Crippen LogP contribution in [0.5, 0.6) is 5.88 Å². The zero-order valence-corrected chi connectivity index (χ0v) is 18.8. The predicted octanol–water partition coefficient (Wildman–Crippen LogP) is 2.22. The van der Waals surface area contributed by atoms with Crippen LogP contribution in [0.2, 0.25) is 0 Å². The summed E-state index contributed by atoms with van der Waals surface area (Å²) in [5.41, 5.74) is 3.61. The molecule has 0 bridgehead atoms. The highest BCUT2D eigenvalue weighted by atomic mass is 16.5. The van der Waals surface area contributed by atoms with Crippen LogP contribution in [0.1, 0.15) is 25.1 Å². The monoisotopic (exact) mass is 436 g/mol. The maximum absolute atomic E-state index is 13.2. The van der Waals surface area contributed by atoms with Crippen molar-refractivity contribution in [2.75, 3.05) is 41.9 Å². The molecule has 0 radical (unpaired) electrons. The van der Waals surface area contributed by atoms with E-state index in [4.69, 9.17) is 4.74 Å². The molecule has 5 rings (SSSR count). The van der Waals surface area contributed by atoms with Gasteiger partial charge < -0.3 is 20.3 Å². The van der Waals surface area contributed by atoms with Crippen molar-refractivity contribution in [3.05, 3.63) is 35.9 Å². The second-order valence-electron chi connectivity index (χ2n) is 8.59. The highest BCUT2D eigenvalue weighted by Crippen LogP contribution is 2.35. The van der Waals surface area contributed by atoms with E-state index >= 15 is 0 Å². The topological polar surface area (TPSA) is 99.9 Å². The van der Waals surface area contributed by atoms with Crippen LogP contribution in [-0.4, -0.2) is 64.2 Å². The lowest BCUT2D eigenvalue weighted by Gasteiger charge is -2.38. The van der Waals surface area contributed by atoms with Crippen molar-refractivity contribution >= 4 is 29.0 Å². The molecule has 2 aliphatic heterocycles. The normalized spacial score (nSPS) is 20.5. The van der Waals surface area contributed by atoms with Crippen molar-refractivity contribution in [2.24, 2.45) is 0 Å². The maximum atomic E-state index is 13.2. The summed E-state index contributed by atoms with van der Waals surface area (Å²) in [6, 6.07) is 2.62. The number of methoxy groups -OCH3 is 1. The summed E-state index contributed by atoms with van der Waals surface area (Å²) in [5, 5.41) is 6.52. The second kappa shape index (κ2) is 7.94. The lowest BCUT2D eigenvalue weighted by Crippen LogP contribution is -2.54. The molecule has 1 saturated heterocycles. The highest BCUT2D eigenvalue weighted by Gasteiger charge is 2.32. The number of ether oxygens (including phenoxy) is 1. The summed E-state index contributed by atoms with van der Waals surface area (Å²) in [4.78, 5) is 30.6. The van der Waals surface area contributed by atoms with E-state index in [1.807, 2.05) is 13.1 Å². The summed E-state index contributed by atoms with van der Waals surface area (Å²) >= 11 is 0. The molecule has 0 aromatic carbocycles. The molecule has 2 amide bonds. The fourth-order valence-corrected chi connectivity index (χ4v) is 4.74. The van der Waals surface area contributed by atoms with Crippen LogP contribution in [0.4, 0.5) is 22.0 Å². The van der Waals surface area contributed by atoms with Gasteiger partial charge in [0.1, 0.15) is 11.5 Å². The van der Waals surface area contributed by atoms with Gasteiger partial charge in [-0.1, -0.05) is 0 Å². The number of fused-ring (bicyclic) bond motifs is 2. The van der Waals surface area contributed by atoms with Gasteiger partial charge in [0.15, 0.2) is 0 Å². The SMILES string of the molecule is COc1nc2nc(C)cn2cc1NC(=O)N1CCc2c(N3C[C@@H](C)N[C@@H](C)C3)ccnc21. The van der Waals surface area contributed by atoms with Crippen LogP contribution in [0.15, 0.2) is 24.7 Å². The molecule has 32 heavy (non-hydrogen) atoms. The van der Waals surface area contributed by atoms with E-state index in [9.17, 15) is 4.79 Å². The quantitative estimate of drug-likeness (QED) is 0.649. The number of aryl methyl sites for hydroxylation is 1. The summed E-state index contributed by atoms with van der Waals surface area (Å²) in [6.45, 7) is 8.72. The molecule has 3 aromatic heterocycles. The smallest absolute Gasteiger partial charge is 0.327 e. The van der Waals surface area contributed by atoms with Crippen LogP contribution < -0.4 is 25.2 Å². The number of carbonyl (C=O) groups is 1. The molecule has 168 valence electrons. The lowest BCUT2D eigenvalue weighted by molar-refractivity contribution is 0.257. The number of hydrogen-bond donors (Lipinski definition) is 2. The van der Waals surface area contributed by atoms with Gasteiger partial charge in [0.25, 0.3) is 0 Å². The van der Waals surface area contributed by atoms with E-state index in [1.54, 1.807) is 21.7 Å². The molecule has 3 aromatic rings. The molecule has 0 aliphatic carbocycles. The van der Waals surface area contributed by atoms with Crippen molar-refractivity contribution in [3.8, 4) is 5.88 Å². The predicted molar refractivity (Wildman–Crippen MR) is 123 cm³/mol. The Morgan fingerprint density at radius 2 is 2.00 bits per heavy atom. The number of pyridine rings is 1. The first-order valence-electron chi connectivity index (χ1n) is 10.9. The standard InChI is InChI=1S/C22H28N8O2/c1-13-9-28(10-14(2)24-13)18-5-7-23-19-16(18)6-8-30(19)22(31)26-17-12-29-11-15(3)25-21(29)27-20(17)32-4/h5,7,11-14,24H,6,8-10H2,1-4H3,(H,26,31)/t13-,14+. The number of carbonyl (C=O) groups excluding carboxylic acids is 1. The summed E-state index contributed by atoms with van der Waals surface area (Å²) < 4.78 is 7.16. The van der Waals surface area contributed by atoms with Crippen LogP contribution in [0.3, 0.4) is 0 Å². The van der Waals surface area contributed by atoms with E-state index in [-0.39, 0.29) is 6.03 Å². The van der Waals surface area contributed by atoms with Gasteiger partial charge in [-0.05, 0) is 33.3 Å². The second-order valence-corrected chi connectivity index (χ2v) is 8.59. The molecule has 10 nitrogen and oxygen atoms in total. The molecule has 0 unspecified atom stereocenters. The summed E-state index contributed by atoms with van der Waals surface area (Å²) in [6.07, 6.45) is 6.18. The van der Waals surface area contributed by atoms with Crippen LogP contribution in [0.25, 0.3) is 5.78 Å². The van der Waals surface area contributed by atoms with E-state index in [0.29, 0.717) is 41.8 Å². The van der Waals surface area contributed by atoms with Crippen molar-refractivity contribution in [1.29, 1.82) is 0 Å². The van der Waals surface area contributed by atoms with E-state index < -0.39 is 0 Å². The minimum atomic E-state index is -0.258. The Morgan fingerprint density at radius 1 is 1.22 bits per heavy atom. The Hall–Kier alpha value is -3.40. The van der Waals surface area contributed by atoms with Crippen molar-refractivity contribution < 1.29 is 9.53 Å². The largest absolute Gasteiger partial charge is 0.479 e. The number of aromatic nitrogens is 4. The number of nitrogens with one attached hydrogen (secondary N) is 2. The number of anilines is 3. The Labute approximate surface area is 186 Å². The summed E-state index contributed by atoms with van der Waals surface area (Å²) in [7, 11) is 1.53. The zero-order chi connectivity index (χ0) is 22.4. The highest BCUT2D eigenvalue weighted by molar-refractivity contribution is 6.03. The molecular formula is C22H28N8O2. The first-order chi connectivity index (χ1) is 15.4. The number of imidazole rings is 1. The van der Waals surface area contributed by atoms with Crippen molar-refractivity contribution in [3.63, 3.8) is 0 Å². The van der Waals surface area contributed by atoms with Crippen LogP contribution in [-0.2, 0) is 6.42 Å². The molecular weight excluding hydrogens is 408 g/mol. The number of amides is 2. The van der Waals surface area contributed by atoms with Gasteiger partial charge in [-0.25, -0.2) is 14.8 Å². The molecule has 2 atom stereocenters. The van der Waals surface area contributed by atoms with Gasteiger partial charge in [0.2, 0.25) is 11.7 Å². The third-order valence-electron chi connectivity index (χ3n) is 5.96. The minimum Gasteiger partial charge on any atom is -0.479 e. The zero-order valence-electron chi connectivity index (χ0n) is 18.8. The third kappa shape index (κ3) is 3.60. The average molecular weight is 437 g/mol. The van der Waals surface area contributed by atoms with E-state index in [1.165, 1.54) is 12.8 Å². The first kappa shape index (κ1) is 20.5. The van der Waals surface area contributed by atoms with Crippen molar-refractivity contribution in [1.82, 2.24) is 24.7 Å². The fourth-order valence-electron chi connectivity index (χ4n) is 4.74. The Kier molecular flexibility index (Phi) is 5.09. The average Bonchev–Trinajstić information content (AvgIpc) is 3.34. The minimum absolute atomic E-state index is 0.258. The molecule has 2 aliphatic rings. The third-order valence-corrected chi connectivity index (χ3v) is 5.96. The lowest BCUT2D eigenvalue weighted by atomic mass is 10.1. The maximum Gasteiger partial charge on any atom is 0.327 e. The molecule has 10 heteroatoms. The number of piperazine rings is 1. The van der Waals surface area contributed by atoms with Crippen LogP contribution >= 0.6 is 0 Å². The molecule has 0 saturated carbocycles. The van der Waals surface area contributed by atoms with Gasteiger partial charge in [-0.3, -0.25) is 9.30 Å². The number of urea groups is 1.